The number of hydrogen-bond donors (Lipinski definition) is 3. The summed E-state index contributed by atoms with van der Waals surface area (Å²) in [6.45, 7) is 1.82. The van der Waals surface area contributed by atoms with Gasteiger partial charge in [0.15, 0.2) is 0 Å². The van der Waals surface area contributed by atoms with E-state index in [9.17, 15) is 13.2 Å². The van der Waals surface area contributed by atoms with Crippen molar-refractivity contribution in [1.82, 2.24) is 4.72 Å². The van der Waals surface area contributed by atoms with Crippen LogP contribution in [0, 0.1) is 0 Å². The second-order valence-electron chi connectivity index (χ2n) is 6.12. The van der Waals surface area contributed by atoms with Crippen molar-refractivity contribution in [3.8, 4) is 0 Å². The molecule has 2 aromatic carbocycles. The SMILES string of the molecule is C/C(=N\Nc1cccc(C(=O)O)c1)c1ccc(S(=O)(=O)NCc2ccco2)cc1. The van der Waals surface area contributed by atoms with E-state index >= 15 is 0 Å². The Morgan fingerprint density at radius 2 is 1.83 bits per heavy atom. The molecule has 0 amide bonds. The van der Waals surface area contributed by atoms with E-state index in [-0.39, 0.29) is 17.0 Å². The van der Waals surface area contributed by atoms with Gasteiger partial charge < -0.3 is 9.52 Å². The average Bonchev–Trinajstić information content (AvgIpc) is 3.25. The number of hydrazone groups is 1. The number of sulfonamides is 1. The van der Waals surface area contributed by atoms with Crippen molar-refractivity contribution >= 4 is 27.4 Å². The van der Waals surface area contributed by atoms with Crippen LogP contribution in [0.5, 0.6) is 0 Å². The minimum atomic E-state index is -3.67. The van der Waals surface area contributed by atoms with Crippen LogP contribution in [0.15, 0.2) is 81.3 Å². The van der Waals surface area contributed by atoms with E-state index in [0.717, 1.165) is 5.56 Å². The van der Waals surface area contributed by atoms with Gasteiger partial charge in [-0.25, -0.2) is 17.9 Å². The zero-order chi connectivity index (χ0) is 20.9. The lowest BCUT2D eigenvalue weighted by Gasteiger charge is -2.07. The van der Waals surface area contributed by atoms with Crippen molar-refractivity contribution in [2.24, 2.45) is 5.10 Å². The lowest BCUT2D eigenvalue weighted by Crippen LogP contribution is -2.23. The summed E-state index contributed by atoms with van der Waals surface area (Å²) in [4.78, 5) is 11.1. The Morgan fingerprint density at radius 3 is 2.48 bits per heavy atom. The van der Waals surface area contributed by atoms with E-state index in [0.29, 0.717) is 17.2 Å². The van der Waals surface area contributed by atoms with E-state index < -0.39 is 16.0 Å². The van der Waals surface area contributed by atoms with Crippen LogP contribution < -0.4 is 10.1 Å². The molecule has 0 spiro atoms. The van der Waals surface area contributed by atoms with Gasteiger partial charge in [0.25, 0.3) is 0 Å². The smallest absolute Gasteiger partial charge is 0.335 e. The van der Waals surface area contributed by atoms with Crippen LogP contribution in [0.3, 0.4) is 0 Å². The summed E-state index contributed by atoms with van der Waals surface area (Å²) in [5.41, 5.74) is 4.82. The second kappa shape index (κ2) is 8.72. The van der Waals surface area contributed by atoms with E-state index in [4.69, 9.17) is 9.52 Å². The first kappa shape index (κ1) is 20.3. The summed E-state index contributed by atoms with van der Waals surface area (Å²) in [5, 5.41) is 13.2. The summed E-state index contributed by atoms with van der Waals surface area (Å²) in [7, 11) is -3.67. The fourth-order valence-electron chi connectivity index (χ4n) is 2.47. The molecule has 0 aliphatic carbocycles. The largest absolute Gasteiger partial charge is 0.478 e. The van der Waals surface area contributed by atoms with Gasteiger partial charge in [-0.2, -0.15) is 5.10 Å². The maximum absolute atomic E-state index is 12.4. The number of rotatable bonds is 8. The number of carbonyl (C=O) groups is 1. The molecule has 1 heterocycles. The van der Waals surface area contributed by atoms with E-state index in [2.05, 4.69) is 15.2 Å². The van der Waals surface area contributed by atoms with E-state index in [1.54, 1.807) is 43.3 Å². The third-order valence-corrected chi connectivity index (χ3v) is 5.48. The third kappa shape index (κ3) is 5.31. The van der Waals surface area contributed by atoms with Crippen molar-refractivity contribution in [3.05, 3.63) is 83.8 Å². The maximum atomic E-state index is 12.4. The van der Waals surface area contributed by atoms with Crippen LogP contribution in [0.25, 0.3) is 0 Å². The number of nitrogens with one attached hydrogen (secondary N) is 2. The molecule has 3 N–H and O–H groups in total. The topological polar surface area (TPSA) is 121 Å². The lowest BCUT2D eigenvalue weighted by molar-refractivity contribution is 0.0697. The molecular weight excluding hydrogens is 394 g/mol. The highest BCUT2D eigenvalue weighted by atomic mass is 32.2. The summed E-state index contributed by atoms with van der Waals surface area (Å²) >= 11 is 0. The number of aromatic carboxylic acids is 1. The van der Waals surface area contributed by atoms with Gasteiger partial charge in [0.1, 0.15) is 5.76 Å². The Labute approximate surface area is 167 Å². The van der Waals surface area contributed by atoms with Gasteiger partial charge in [-0.3, -0.25) is 5.43 Å². The molecule has 0 aliphatic heterocycles. The van der Waals surface area contributed by atoms with E-state index in [1.165, 1.54) is 30.5 Å². The second-order valence-corrected chi connectivity index (χ2v) is 7.89. The molecule has 1 aromatic heterocycles. The molecule has 0 saturated carbocycles. The van der Waals surface area contributed by atoms with Crippen LogP contribution in [-0.4, -0.2) is 25.2 Å². The van der Waals surface area contributed by atoms with Crippen molar-refractivity contribution in [2.45, 2.75) is 18.4 Å². The van der Waals surface area contributed by atoms with Gasteiger partial charge in [0.05, 0.1) is 34.7 Å². The first-order valence-electron chi connectivity index (χ1n) is 8.61. The number of hydrogen-bond acceptors (Lipinski definition) is 6. The standard InChI is InChI=1S/C20H19N3O5S/c1-14(22-23-17-5-2-4-16(12-17)20(24)25)15-7-9-19(10-8-15)29(26,27)21-13-18-6-3-11-28-18/h2-12,21,23H,13H2,1H3,(H,24,25)/b22-14+. The molecule has 0 atom stereocenters. The molecule has 0 radical (unpaired) electrons. The molecule has 0 unspecified atom stereocenters. The molecule has 0 saturated heterocycles. The van der Waals surface area contributed by atoms with Gasteiger partial charge >= 0.3 is 5.97 Å². The van der Waals surface area contributed by atoms with Crippen molar-refractivity contribution < 1.29 is 22.7 Å². The lowest BCUT2D eigenvalue weighted by atomic mass is 10.1. The van der Waals surface area contributed by atoms with Crippen LogP contribution in [-0.2, 0) is 16.6 Å². The molecule has 150 valence electrons. The molecule has 9 heteroatoms. The Balaban J connectivity index is 1.67. The molecule has 0 fully saturated rings. The van der Waals surface area contributed by atoms with Gasteiger partial charge in [-0.15, -0.1) is 0 Å². The summed E-state index contributed by atoms with van der Waals surface area (Å²) in [5.74, 6) is -0.502. The maximum Gasteiger partial charge on any atom is 0.335 e. The Kier molecular flexibility index (Phi) is 6.10. The fraction of sp³-hybridized carbons (Fsp3) is 0.100. The molecule has 3 aromatic rings. The Bertz CT molecular complexity index is 1120. The monoisotopic (exact) mass is 413 g/mol. The molecule has 0 aliphatic rings. The number of nitrogens with zero attached hydrogens (tertiary/aromatic N) is 1. The molecule has 0 bridgehead atoms. The summed E-state index contributed by atoms with van der Waals surface area (Å²) in [6, 6.07) is 15.9. The van der Waals surface area contributed by atoms with Crippen LogP contribution in [0.4, 0.5) is 5.69 Å². The molecule has 3 rings (SSSR count). The van der Waals surface area contributed by atoms with Crippen LogP contribution >= 0.6 is 0 Å². The van der Waals surface area contributed by atoms with E-state index in [1.807, 2.05) is 0 Å². The fourth-order valence-corrected chi connectivity index (χ4v) is 3.47. The minimum absolute atomic E-state index is 0.0664. The Morgan fingerprint density at radius 1 is 1.07 bits per heavy atom. The Hall–Kier alpha value is -3.43. The predicted octanol–water partition coefficient (Wildman–Crippen LogP) is 3.29. The van der Waals surface area contributed by atoms with Gasteiger partial charge in [-0.05, 0) is 55.0 Å². The minimum Gasteiger partial charge on any atom is -0.478 e. The quantitative estimate of drug-likeness (QED) is 0.385. The predicted molar refractivity (Wildman–Crippen MR) is 108 cm³/mol. The first-order chi connectivity index (χ1) is 13.8. The van der Waals surface area contributed by atoms with Crippen molar-refractivity contribution in [3.63, 3.8) is 0 Å². The third-order valence-electron chi connectivity index (χ3n) is 4.06. The number of carboxylic acids is 1. The summed E-state index contributed by atoms with van der Waals surface area (Å²) in [6.07, 6.45) is 1.48. The highest BCUT2D eigenvalue weighted by Crippen LogP contribution is 2.14. The zero-order valence-corrected chi connectivity index (χ0v) is 16.3. The molecule has 8 nitrogen and oxygen atoms in total. The zero-order valence-electron chi connectivity index (χ0n) is 15.5. The average molecular weight is 413 g/mol. The van der Waals surface area contributed by atoms with Crippen LogP contribution in [0.2, 0.25) is 0 Å². The highest BCUT2D eigenvalue weighted by molar-refractivity contribution is 7.89. The first-order valence-corrected chi connectivity index (χ1v) is 10.1. The summed E-state index contributed by atoms with van der Waals surface area (Å²) < 4.78 is 32.3. The number of anilines is 1. The molecule has 29 heavy (non-hydrogen) atoms. The van der Waals surface area contributed by atoms with Crippen molar-refractivity contribution in [1.29, 1.82) is 0 Å². The highest BCUT2D eigenvalue weighted by Gasteiger charge is 2.14. The number of carboxylic acid groups (broad SMARTS) is 1. The van der Waals surface area contributed by atoms with Crippen molar-refractivity contribution in [2.75, 3.05) is 5.43 Å². The number of benzene rings is 2. The van der Waals surface area contributed by atoms with Gasteiger partial charge in [0.2, 0.25) is 10.0 Å². The number of furan rings is 1. The van der Waals surface area contributed by atoms with Gasteiger partial charge in [0, 0.05) is 0 Å². The molecular formula is C20H19N3O5S. The normalized spacial score (nSPS) is 12.0. The van der Waals surface area contributed by atoms with Crippen LogP contribution in [0.1, 0.15) is 28.6 Å². The van der Waals surface area contributed by atoms with Gasteiger partial charge in [-0.1, -0.05) is 18.2 Å².